The third-order valence-corrected chi connectivity index (χ3v) is 15.0. The number of carbonyl (C=O) groups excluding carboxylic acids is 1. The van der Waals surface area contributed by atoms with Crippen LogP contribution in [0.1, 0.15) is 65.9 Å². The van der Waals surface area contributed by atoms with Crippen LogP contribution < -0.4 is 24.4 Å². The number of methoxy groups -OCH3 is 1. The number of para-hydroxylation sites is 1. The van der Waals surface area contributed by atoms with Crippen LogP contribution in [0.25, 0.3) is 0 Å². The molecule has 14 nitrogen and oxygen atoms in total. The molecular formula is C55H66FN5O9S2. The van der Waals surface area contributed by atoms with Gasteiger partial charge in [0.15, 0.2) is 5.75 Å². The van der Waals surface area contributed by atoms with Crippen molar-refractivity contribution in [2.45, 2.75) is 73.0 Å². The maximum absolute atomic E-state index is 14.7. The average Bonchev–Trinajstić information content (AvgIpc) is 3.36. The highest BCUT2D eigenvalue weighted by Crippen LogP contribution is 2.45. The Balaban J connectivity index is 1.09. The Hall–Kier alpha value is -6.53. The van der Waals surface area contributed by atoms with Crippen LogP contribution in [0, 0.1) is 11.7 Å². The lowest BCUT2D eigenvalue weighted by atomic mass is 9.78. The summed E-state index contributed by atoms with van der Waals surface area (Å²) in [5.74, 6) is 0.502. The number of allylic oxidation sites excluding steroid dienone is 6. The number of rotatable bonds is 25. The van der Waals surface area contributed by atoms with Crippen molar-refractivity contribution in [1.29, 1.82) is 0 Å². The molecule has 1 aliphatic heterocycles. The summed E-state index contributed by atoms with van der Waals surface area (Å²) in [6.45, 7) is 21.1. The van der Waals surface area contributed by atoms with Gasteiger partial charge in [-0.05, 0) is 124 Å². The van der Waals surface area contributed by atoms with Gasteiger partial charge in [-0.2, -0.15) is 0 Å². The van der Waals surface area contributed by atoms with Crippen LogP contribution >= 0.6 is 0 Å². The summed E-state index contributed by atoms with van der Waals surface area (Å²) in [5.41, 5.74) is 4.41. The second-order valence-corrected chi connectivity index (χ2v) is 20.5. The molecule has 2 N–H and O–H groups in total. The second kappa shape index (κ2) is 24.7. The van der Waals surface area contributed by atoms with Crippen LogP contribution in [0.2, 0.25) is 0 Å². The highest BCUT2D eigenvalue weighted by Gasteiger charge is 2.39. The number of sulfonamides is 1. The molecule has 1 heterocycles. The monoisotopic (exact) mass is 1020 g/mol. The van der Waals surface area contributed by atoms with E-state index in [4.69, 9.17) is 14.2 Å². The fourth-order valence-corrected chi connectivity index (χ4v) is 10.5. The topological polar surface area (TPSA) is 170 Å². The maximum atomic E-state index is 14.7. The number of carbonyl (C=O) groups is 1. The number of ether oxygens (including phenoxy) is 3. The van der Waals surface area contributed by atoms with Crippen molar-refractivity contribution in [3.8, 4) is 17.2 Å². The fraction of sp³-hybridized carbons (Fsp3) is 0.345. The van der Waals surface area contributed by atoms with E-state index in [1.807, 2.05) is 80.6 Å². The Morgan fingerprint density at radius 2 is 1.61 bits per heavy atom. The minimum Gasteiger partial charge on any atom is -0.744 e. The summed E-state index contributed by atoms with van der Waals surface area (Å²) in [7, 11) is -8.06. The van der Waals surface area contributed by atoms with Crippen LogP contribution in [-0.4, -0.2) is 95.0 Å². The van der Waals surface area contributed by atoms with Gasteiger partial charge >= 0.3 is 0 Å². The van der Waals surface area contributed by atoms with Gasteiger partial charge in [-0.25, -0.2) is 30.5 Å². The van der Waals surface area contributed by atoms with Crippen LogP contribution in [0.4, 0.5) is 15.8 Å². The average molecular weight is 1020 g/mol. The standard InChI is InChI=1S/C55H66FN5O9S2/c1-9-59(10-2)43-23-26-47-52(35-43)70-53-36-44(60(11-3)12-4)24-27-48(53)55(47)39(6)54(72(65,66)67)32-38(5)71(63,64)58-31-19-14-13-18-30-57-49-28-25-46(68-8)33-41(49)37-61(40(7)62)50-34-42(56)22-29-51(50)69-45-20-16-15-17-21-45/h15-17,20-29,32-36,47,52,57-58H,5-6,9-14,18-19,30-31,37H2,1-4,7-8H3/b54-32+. The second-order valence-electron chi connectivity index (χ2n) is 17.3. The lowest BCUT2D eigenvalue weighted by Crippen LogP contribution is -2.35. The van der Waals surface area contributed by atoms with E-state index in [0.717, 1.165) is 61.3 Å². The smallest absolute Gasteiger partial charge is 0.240 e. The van der Waals surface area contributed by atoms with Crippen molar-refractivity contribution in [2.75, 3.05) is 56.6 Å². The Kier molecular flexibility index (Phi) is 18.8. The zero-order valence-corrected chi connectivity index (χ0v) is 43.6. The highest BCUT2D eigenvalue weighted by molar-refractivity contribution is 7.93. The third kappa shape index (κ3) is 13.5. The van der Waals surface area contributed by atoms with E-state index in [9.17, 15) is 30.6 Å². The zero-order valence-electron chi connectivity index (χ0n) is 41.9. The van der Waals surface area contributed by atoms with Crippen molar-refractivity contribution in [3.63, 3.8) is 0 Å². The van der Waals surface area contributed by atoms with Crippen LogP contribution in [0.3, 0.4) is 0 Å². The van der Waals surface area contributed by atoms with Crippen molar-refractivity contribution in [2.24, 2.45) is 5.92 Å². The number of nitrogens with one attached hydrogen (secondary N) is 2. The number of benzene rings is 3. The van der Waals surface area contributed by atoms with Crippen LogP contribution in [0.5, 0.6) is 17.2 Å². The first-order valence-corrected chi connectivity index (χ1v) is 27.2. The number of halogens is 1. The predicted octanol–water partition coefficient (Wildman–Crippen LogP) is 9.62. The summed E-state index contributed by atoms with van der Waals surface area (Å²) in [4.78, 5) is 15.4. The molecule has 2 aliphatic carbocycles. The highest BCUT2D eigenvalue weighted by atomic mass is 32.2. The summed E-state index contributed by atoms with van der Waals surface area (Å²) < 4.78 is 104. The fourth-order valence-electron chi connectivity index (χ4n) is 8.85. The van der Waals surface area contributed by atoms with Crippen LogP contribution in [-0.2, 0) is 36.2 Å². The van der Waals surface area contributed by atoms with E-state index < -0.39 is 47.8 Å². The number of likely N-dealkylation sites (N-methyl/N-ethyl adjacent to an activating group) is 1. The van der Waals surface area contributed by atoms with Gasteiger partial charge in [0, 0.05) is 68.1 Å². The zero-order chi connectivity index (χ0) is 52.2. The normalized spacial score (nSPS) is 16.4. The summed E-state index contributed by atoms with van der Waals surface area (Å²) in [6.07, 6.45) is 14.2. The van der Waals surface area contributed by atoms with E-state index in [1.54, 1.807) is 25.3 Å². The van der Waals surface area contributed by atoms with Crippen molar-refractivity contribution in [3.05, 3.63) is 172 Å². The Morgan fingerprint density at radius 1 is 0.903 bits per heavy atom. The molecule has 17 heteroatoms. The molecule has 0 saturated carbocycles. The Labute approximate surface area is 424 Å². The number of amides is 1. The first-order valence-electron chi connectivity index (χ1n) is 24.3. The number of anilines is 2. The van der Waals surface area contributed by atoms with Gasteiger partial charge in [0.05, 0.1) is 35.2 Å². The molecule has 0 bridgehead atoms. The molecule has 0 fully saturated rings. The lowest BCUT2D eigenvalue weighted by molar-refractivity contribution is -0.519. The molecule has 3 aliphatic rings. The SMILES string of the molecule is C=C(C1=C2C=CC(=[N+](CC)CC)C=C2OC2C=C(N(CC)CC)C=CC12)/C(=C\C(=C)S(=O)(=O)NCCCCCCNc1ccc(OC)cc1CN(C(C)=O)c1cc(F)ccc1Oc1ccccc1)S(=O)(=O)[O-]. The molecule has 3 aromatic carbocycles. The molecule has 2 unspecified atom stereocenters. The van der Waals surface area contributed by atoms with E-state index in [2.05, 4.69) is 46.5 Å². The largest absolute Gasteiger partial charge is 0.744 e. The Bertz CT molecular complexity index is 2970. The molecule has 72 heavy (non-hydrogen) atoms. The van der Waals surface area contributed by atoms with Gasteiger partial charge in [0.1, 0.15) is 52.4 Å². The first kappa shape index (κ1) is 54.8. The Morgan fingerprint density at radius 3 is 2.26 bits per heavy atom. The van der Waals surface area contributed by atoms with Gasteiger partial charge in [-0.1, -0.05) is 50.3 Å². The summed E-state index contributed by atoms with van der Waals surface area (Å²) in [5, 5.41) is 3.43. The molecule has 3 aromatic rings. The van der Waals surface area contributed by atoms with Gasteiger partial charge in [-0.3, -0.25) is 4.79 Å². The molecule has 1 amide bonds. The lowest BCUT2D eigenvalue weighted by Gasteiger charge is -2.39. The van der Waals surface area contributed by atoms with E-state index in [-0.39, 0.29) is 30.3 Å². The third-order valence-electron chi connectivity index (χ3n) is 12.7. The van der Waals surface area contributed by atoms with Crippen molar-refractivity contribution >= 4 is 43.1 Å². The molecule has 384 valence electrons. The number of unbranched alkanes of at least 4 members (excludes halogenated alkanes) is 3. The maximum Gasteiger partial charge on any atom is 0.240 e. The summed E-state index contributed by atoms with van der Waals surface area (Å²) >= 11 is 0. The van der Waals surface area contributed by atoms with Gasteiger partial charge < -0.3 is 33.9 Å². The van der Waals surface area contributed by atoms with Gasteiger partial charge in [0.25, 0.3) is 0 Å². The number of nitrogens with zero attached hydrogens (tertiary/aromatic N) is 3. The first-order chi connectivity index (χ1) is 34.4. The minimum atomic E-state index is -5.28. The number of hydrogen-bond acceptors (Lipinski definition) is 11. The van der Waals surface area contributed by atoms with Crippen molar-refractivity contribution < 1.29 is 49.4 Å². The molecule has 2 atom stereocenters. The molecule has 0 saturated heterocycles. The minimum absolute atomic E-state index is 0.0370. The molecule has 0 aromatic heterocycles. The van der Waals surface area contributed by atoms with E-state index in [0.29, 0.717) is 60.0 Å². The molecular weight excluding hydrogens is 958 g/mol. The van der Waals surface area contributed by atoms with Gasteiger partial charge in [0.2, 0.25) is 21.6 Å². The molecule has 0 spiro atoms. The van der Waals surface area contributed by atoms with Gasteiger partial charge in [-0.15, -0.1) is 0 Å². The summed E-state index contributed by atoms with van der Waals surface area (Å²) in [6, 6.07) is 18.5. The molecule has 0 radical (unpaired) electrons. The number of hydrogen-bond donors (Lipinski definition) is 2. The van der Waals surface area contributed by atoms with Crippen LogP contribution in [0.15, 0.2) is 160 Å². The van der Waals surface area contributed by atoms with E-state index >= 15 is 0 Å². The number of fused-ring (bicyclic) bond motifs is 2. The predicted molar refractivity (Wildman–Crippen MR) is 282 cm³/mol. The molecule has 6 rings (SSSR count). The van der Waals surface area contributed by atoms with E-state index in [1.165, 1.54) is 30.0 Å². The van der Waals surface area contributed by atoms with Crippen molar-refractivity contribution in [1.82, 2.24) is 9.62 Å². The quantitative estimate of drug-likeness (QED) is 0.0359.